The van der Waals surface area contributed by atoms with Gasteiger partial charge in [-0.2, -0.15) is 5.10 Å². The van der Waals surface area contributed by atoms with Gasteiger partial charge in [-0.15, -0.1) is 0 Å². The van der Waals surface area contributed by atoms with E-state index in [0.29, 0.717) is 13.1 Å². The van der Waals surface area contributed by atoms with E-state index in [1.807, 2.05) is 49.5 Å². The van der Waals surface area contributed by atoms with Gasteiger partial charge in [0.25, 0.3) is 0 Å². The summed E-state index contributed by atoms with van der Waals surface area (Å²) in [7, 11) is 0. The molecule has 3 rings (SSSR count). The molecule has 2 aromatic rings. The van der Waals surface area contributed by atoms with Crippen LogP contribution >= 0.6 is 0 Å². The lowest BCUT2D eigenvalue weighted by Crippen LogP contribution is -2.40. The van der Waals surface area contributed by atoms with E-state index in [1.54, 1.807) is 15.8 Å². The monoisotopic (exact) mass is 312 g/mol. The van der Waals surface area contributed by atoms with Gasteiger partial charge >= 0.3 is 0 Å². The number of hydrogen-bond donors (Lipinski definition) is 1. The maximum Gasteiger partial charge on any atom is 0.227 e. The van der Waals surface area contributed by atoms with Gasteiger partial charge in [-0.25, -0.2) is 0 Å². The molecule has 120 valence electrons. The van der Waals surface area contributed by atoms with Crippen molar-refractivity contribution in [1.29, 1.82) is 0 Å². The van der Waals surface area contributed by atoms with Crippen molar-refractivity contribution in [3.8, 4) is 0 Å². The van der Waals surface area contributed by atoms with Crippen molar-refractivity contribution >= 4 is 17.5 Å². The molecule has 2 atom stereocenters. The van der Waals surface area contributed by atoms with Gasteiger partial charge in [-0.1, -0.05) is 18.2 Å². The fourth-order valence-electron chi connectivity index (χ4n) is 2.84. The molecule has 23 heavy (non-hydrogen) atoms. The Labute approximate surface area is 135 Å². The molecule has 1 N–H and O–H groups in total. The summed E-state index contributed by atoms with van der Waals surface area (Å²) in [5.41, 5.74) is 0.845. The highest BCUT2D eigenvalue weighted by molar-refractivity contribution is 6.00. The number of amides is 2. The lowest BCUT2D eigenvalue weighted by Gasteiger charge is -2.18. The van der Waals surface area contributed by atoms with Crippen LogP contribution in [0.2, 0.25) is 0 Å². The van der Waals surface area contributed by atoms with Crippen LogP contribution < -0.4 is 10.2 Å². The van der Waals surface area contributed by atoms with Crippen LogP contribution in [0.4, 0.5) is 5.69 Å². The van der Waals surface area contributed by atoms with Gasteiger partial charge in [0, 0.05) is 37.1 Å². The Morgan fingerprint density at radius 1 is 1.35 bits per heavy atom. The first-order valence-electron chi connectivity index (χ1n) is 7.76. The van der Waals surface area contributed by atoms with E-state index < -0.39 is 0 Å². The van der Waals surface area contributed by atoms with Crippen LogP contribution in [0.3, 0.4) is 0 Å². The Balaban J connectivity index is 1.57. The van der Waals surface area contributed by atoms with Crippen LogP contribution in [-0.4, -0.2) is 34.2 Å². The Bertz CT molecular complexity index is 669. The summed E-state index contributed by atoms with van der Waals surface area (Å²) in [5, 5.41) is 7.10. The van der Waals surface area contributed by atoms with Crippen LogP contribution in [0.15, 0.2) is 48.8 Å². The molecule has 1 aliphatic rings. The van der Waals surface area contributed by atoms with Crippen molar-refractivity contribution in [2.45, 2.75) is 25.9 Å². The second kappa shape index (κ2) is 6.64. The first-order valence-corrected chi connectivity index (χ1v) is 7.76. The van der Waals surface area contributed by atoms with Gasteiger partial charge in [0.2, 0.25) is 11.8 Å². The minimum absolute atomic E-state index is 0.00363. The normalized spacial score (nSPS) is 18.9. The average Bonchev–Trinajstić information content (AvgIpc) is 3.17. The Morgan fingerprint density at radius 3 is 2.83 bits per heavy atom. The third-order valence-corrected chi connectivity index (χ3v) is 3.97. The van der Waals surface area contributed by atoms with Crippen molar-refractivity contribution < 1.29 is 9.59 Å². The number of aromatic nitrogens is 2. The van der Waals surface area contributed by atoms with Crippen LogP contribution in [0.25, 0.3) is 0 Å². The molecule has 1 aliphatic heterocycles. The summed E-state index contributed by atoms with van der Waals surface area (Å²) >= 11 is 0. The predicted octanol–water partition coefficient (Wildman–Crippen LogP) is 1.44. The summed E-state index contributed by atoms with van der Waals surface area (Å²) in [4.78, 5) is 26.2. The van der Waals surface area contributed by atoms with E-state index in [1.165, 1.54) is 0 Å². The maximum absolute atomic E-state index is 12.4. The molecular weight excluding hydrogens is 292 g/mol. The van der Waals surface area contributed by atoms with Crippen molar-refractivity contribution in [1.82, 2.24) is 15.1 Å². The molecule has 1 fully saturated rings. The third kappa shape index (κ3) is 3.59. The zero-order chi connectivity index (χ0) is 16.2. The van der Waals surface area contributed by atoms with Crippen molar-refractivity contribution in [2.24, 2.45) is 5.92 Å². The molecule has 1 aromatic carbocycles. The van der Waals surface area contributed by atoms with E-state index in [4.69, 9.17) is 0 Å². The lowest BCUT2D eigenvalue weighted by atomic mass is 10.1. The van der Waals surface area contributed by atoms with E-state index in [0.717, 1.165) is 5.69 Å². The summed E-state index contributed by atoms with van der Waals surface area (Å²) in [6, 6.07) is 11.3. The molecule has 2 amide bonds. The van der Waals surface area contributed by atoms with Crippen LogP contribution in [0.1, 0.15) is 13.3 Å². The number of nitrogens with one attached hydrogen (secondary N) is 1. The van der Waals surface area contributed by atoms with Gasteiger partial charge in [-0.05, 0) is 25.1 Å². The first kappa shape index (κ1) is 15.3. The maximum atomic E-state index is 12.4. The molecule has 6 nitrogen and oxygen atoms in total. The smallest absolute Gasteiger partial charge is 0.227 e. The van der Waals surface area contributed by atoms with Crippen LogP contribution in [-0.2, 0) is 16.1 Å². The van der Waals surface area contributed by atoms with Crippen LogP contribution in [0.5, 0.6) is 0 Å². The molecule has 1 saturated heterocycles. The highest BCUT2D eigenvalue weighted by Gasteiger charge is 2.35. The summed E-state index contributed by atoms with van der Waals surface area (Å²) in [6.45, 7) is 2.98. The van der Waals surface area contributed by atoms with Crippen molar-refractivity contribution in [2.75, 3.05) is 11.4 Å². The number of carbonyl (C=O) groups excluding carboxylic acids is 2. The van der Waals surface area contributed by atoms with E-state index in [-0.39, 0.29) is 30.2 Å². The highest BCUT2D eigenvalue weighted by atomic mass is 16.2. The van der Waals surface area contributed by atoms with Gasteiger partial charge in [0.05, 0.1) is 12.5 Å². The largest absolute Gasteiger partial charge is 0.351 e. The van der Waals surface area contributed by atoms with E-state index >= 15 is 0 Å². The molecular formula is C17H20N4O2. The molecule has 0 spiro atoms. The molecule has 2 heterocycles. The number of carbonyl (C=O) groups is 2. The number of nitrogens with zero attached hydrogens (tertiary/aromatic N) is 3. The van der Waals surface area contributed by atoms with E-state index in [2.05, 4.69) is 10.4 Å². The molecule has 6 heteroatoms. The first-order chi connectivity index (χ1) is 11.1. The summed E-state index contributed by atoms with van der Waals surface area (Å²) in [5.74, 6) is -0.379. The molecule has 0 saturated carbocycles. The SMILES string of the molecule is C[C@H](Cn1cccn1)NC(=O)[C@@H]1CC(=O)N(c2ccccc2)C1. The topological polar surface area (TPSA) is 67.2 Å². The number of rotatable bonds is 5. The second-order valence-corrected chi connectivity index (χ2v) is 5.88. The minimum atomic E-state index is -0.303. The summed E-state index contributed by atoms with van der Waals surface area (Å²) in [6.07, 6.45) is 3.83. The third-order valence-electron chi connectivity index (χ3n) is 3.97. The number of para-hydroxylation sites is 1. The van der Waals surface area contributed by atoms with Crippen LogP contribution in [0, 0.1) is 5.92 Å². The Kier molecular flexibility index (Phi) is 4.41. The Morgan fingerprint density at radius 2 is 2.13 bits per heavy atom. The zero-order valence-corrected chi connectivity index (χ0v) is 13.1. The molecule has 0 bridgehead atoms. The quantitative estimate of drug-likeness (QED) is 0.908. The van der Waals surface area contributed by atoms with Gasteiger partial charge in [0.15, 0.2) is 0 Å². The highest BCUT2D eigenvalue weighted by Crippen LogP contribution is 2.24. The number of benzene rings is 1. The fraction of sp³-hybridized carbons (Fsp3) is 0.353. The van der Waals surface area contributed by atoms with Crippen molar-refractivity contribution in [3.63, 3.8) is 0 Å². The van der Waals surface area contributed by atoms with Gasteiger partial charge < -0.3 is 10.2 Å². The second-order valence-electron chi connectivity index (χ2n) is 5.88. The van der Waals surface area contributed by atoms with Gasteiger partial charge in [-0.3, -0.25) is 14.3 Å². The van der Waals surface area contributed by atoms with E-state index in [9.17, 15) is 9.59 Å². The zero-order valence-electron chi connectivity index (χ0n) is 13.1. The Hall–Kier alpha value is -2.63. The fourth-order valence-corrected chi connectivity index (χ4v) is 2.84. The standard InChI is InChI=1S/C17H20N4O2/c1-13(11-20-9-5-8-18-20)19-17(23)14-10-16(22)21(12-14)15-6-3-2-4-7-15/h2-9,13-14H,10-12H2,1H3,(H,19,23)/t13-,14-/m1/s1. The predicted molar refractivity (Wildman–Crippen MR) is 86.7 cm³/mol. The molecule has 0 unspecified atom stereocenters. The number of anilines is 1. The molecule has 0 radical (unpaired) electrons. The van der Waals surface area contributed by atoms with Gasteiger partial charge in [0.1, 0.15) is 0 Å². The molecule has 0 aliphatic carbocycles. The molecule has 1 aromatic heterocycles. The average molecular weight is 312 g/mol. The minimum Gasteiger partial charge on any atom is -0.351 e. The number of hydrogen-bond acceptors (Lipinski definition) is 3. The van der Waals surface area contributed by atoms with Crippen molar-refractivity contribution in [3.05, 3.63) is 48.8 Å². The summed E-state index contributed by atoms with van der Waals surface area (Å²) < 4.78 is 1.78. The lowest BCUT2D eigenvalue weighted by molar-refractivity contribution is -0.126.